The molecule has 0 radical (unpaired) electrons. The summed E-state index contributed by atoms with van der Waals surface area (Å²) in [6, 6.07) is 7.53. The van der Waals surface area contributed by atoms with Crippen LogP contribution >= 0.6 is 27.5 Å². The Morgan fingerprint density at radius 2 is 2.31 bits per heavy atom. The van der Waals surface area contributed by atoms with Gasteiger partial charge in [-0.3, -0.25) is 0 Å². The van der Waals surface area contributed by atoms with Crippen LogP contribution in [0.15, 0.2) is 30.5 Å². The molecule has 1 atom stereocenters. The Hall–Kier alpha value is -0.870. The summed E-state index contributed by atoms with van der Waals surface area (Å²) in [6.45, 7) is 2.10. The normalized spacial score (nSPS) is 12.7. The van der Waals surface area contributed by atoms with Crippen molar-refractivity contribution in [1.29, 1.82) is 0 Å². The number of hydrogen-bond acceptors (Lipinski definition) is 2. The summed E-state index contributed by atoms with van der Waals surface area (Å²) < 4.78 is 1.73. The van der Waals surface area contributed by atoms with E-state index >= 15 is 0 Å². The average molecular weight is 301 g/mol. The zero-order chi connectivity index (χ0) is 11.5. The van der Waals surface area contributed by atoms with E-state index in [2.05, 4.69) is 33.2 Å². The molecule has 1 unspecified atom stereocenters. The molecule has 1 aromatic carbocycles. The first-order valence-electron chi connectivity index (χ1n) is 5.03. The second-order valence-corrected chi connectivity index (χ2v) is 4.99. The molecule has 3 nitrogen and oxygen atoms in total. The third-order valence-corrected chi connectivity index (χ3v) is 3.61. The predicted molar refractivity (Wildman–Crippen MR) is 68.3 cm³/mol. The second-order valence-electron chi connectivity index (χ2n) is 3.44. The molecule has 5 heteroatoms. The molecule has 0 spiro atoms. The van der Waals surface area contributed by atoms with Crippen molar-refractivity contribution in [3.05, 3.63) is 41.2 Å². The Bertz CT molecular complexity index is 484. The lowest BCUT2D eigenvalue weighted by molar-refractivity contribution is 0.790. The molecule has 0 fully saturated rings. The van der Waals surface area contributed by atoms with Crippen molar-refractivity contribution in [2.24, 2.45) is 0 Å². The molecule has 0 N–H and O–H groups in total. The lowest BCUT2D eigenvalue weighted by Gasteiger charge is -2.00. The van der Waals surface area contributed by atoms with Crippen LogP contribution in [0.25, 0.3) is 5.69 Å². The van der Waals surface area contributed by atoms with Crippen LogP contribution < -0.4 is 0 Å². The van der Waals surface area contributed by atoms with E-state index < -0.39 is 0 Å². The molecule has 2 rings (SSSR count). The standard InChI is InChI=1S/C11H11BrClN3/c1-2-10(12)11-7-16(15-14-11)9-5-3-4-8(13)6-9/h3-7,10H,2H2,1H3. The minimum Gasteiger partial charge on any atom is -0.220 e. The molecule has 1 aromatic heterocycles. The molecule has 0 aliphatic heterocycles. The molecule has 0 aliphatic carbocycles. The fourth-order valence-electron chi connectivity index (χ4n) is 1.37. The van der Waals surface area contributed by atoms with Gasteiger partial charge in [-0.2, -0.15) is 0 Å². The molecule has 16 heavy (non-hydrogen) atoms. The number of aromatic nitrogens is 3. The Morgan fingerprint density at radius 1 is 1.50 bits per heavy atom. The van der Waals surface area contributed by atoms with Crippen LogP contribution in [0.1, 0.15) is 23.9 Å². The number of alkyl halides is 1. The van der Waals surface area contributed by atoms with Crippen molar-refractivity contribution in [3.63, 3.8) is 0 Å². The smallest absolute Gasteiger partial charge is 0.0967 e. The van der Waals surface area contributed by atoms with Crippen molar-refractivity contribution < 1.29 is 0 Å². The van der Waals surface area contributed by atoms with E-state index in [1.165, 1.54) is 0 Å². The minimum absolute atomic E-state index is 0.250. The van der Waals surface area contributed by atoms with Crippen LogP contribution in [0, 0.1) is 0 Å². The lowest BCUT2D eigenvalue weighted by Crippen LogP contribution is -1.94. The minimum atomic E-state index is 0.250. The van der Waals surface area contributed by atoms with Crippen molar-refractivity contribution >= 4 is 27.5 Å². The van der Waals surface area contributed by atoms with Gasteiger partial charge in [-0.25, -0.2) is 4.68 Å². The van der Waals surface area contributed by atoms with Gasteiger partial charge in [-0.05, 0) is 24.6 Å². The van der Waals surface area contributed by atoms with Gasteiger partial charge in [-0.15, -0.1) is 5.10 Å². The highest BCUT2D eigenvalue weighted by molar-refractivity contribution is 9.09. The van der Waals surface area contributed by atoms with Crippen molar-refractivity contribution in [2.45, 2.75) is 18.2 Å². The van der Waals surface area contributed by atoms with Crippen molar-refractivity contribution in [1.82, 2.24) is 15.0 Å². The summed E-state index contributed by atoms with van der Waals surface area (Å²) in [5.41, 5.74) is 1.85. The maximum atomic E-state index is 5.92. The first-order valence-corrected chi connectivity index (χ1v) is 6.32. The maximum absolute atomic E-state index is 5.92. The van der Waals surface area contributed by atoms with E-state index in [4.69, 9.17) is 11.6 Å². The molecule has 84 valence electrons. The number of nitrogens with zero attached hydrogens (tertiary/aromatic N) is 3. The average Bonchev–Trinajstić information content (AvgIpc) is 2.77. The first-order chi connectivity index (χ1) is 7.70. The highest BCUT2D eigenvalue weighted by Crippen LogP contribution is 2.24. The second kappa shape index (κ2) is 4.97. The van der Waals surface area contributed by atoms with E-state index in [9.17, 15) is 0 Å². The molecule has 0 amide bonds. The number of halogens is 2. The zero-order valence-corrected chi connectivity index (χ0v) is 11.1. The molecule has 0 aliphatic rings. The van der Waals surface area contributed by atoms with Crippen LogP contribution in [0.4, 0.5) is 0 Å². The van der Waals surface area contributed by atoms with Crippen LogP contribution in [0.5, 0.6) is 0 Å². The Labute approximate surface area is 108 Å². The number of benzene rings is 1. The summed E-state index contributed by atoms with van der Waals surface area (Å²) in [4.78, 5) is 0.250. The van der Waals surface area contributed by atoms with Gasteiger partial charge in [0, 0.05) is 5.02 Å². The topological polar surface area (TPSA) is 30.7 Å². The maximum Gasteiger partial charge on any atom is 0.0967 e. The molecular weight excluding hydrogens is 289 g/mol. The Morgan fingerprint density at radius 3 is 3.00 bits per heavy atom. The van der Waals surface area contributed by atoms with Crippen LogP contribution in [0.2, 0.25) is 5.02 Å². The van der Waals surface area contributed by atoms with E-state index in [1.807, 2.05) is 30.5 Å². The third-order valence-electron chi connectivity index (χ3n) is 2.26. The van der Waals surface area contributed by atoms with E-state index in [-0.39, 0.29) is 4.83 Å². The summed E-state index contributed by atoms with van der Waals surface area (Å²) in [5, 5.41) is 8.89. The fourth-order valence-corrected chi connectivity index (χ4v) is 1.77. The third kappa shape index (κ3) is 2.44. The zero-order valence-electron chi connectivity index (χ0n) is 8.77. The monoisotopic (exact) mass is 299 g/mol. The summed E-state index contributed by atoms with van der Waals surface area (Å²) in [5.74, 6) is 0. The van der Waals surface area contributed by atoms with Crippen LogP contribution in [-0.2, 0) is 0 Å². The van der Waals surface area contributed by atoms with E-state index in [1.54, 1.807) is 4.68 Å². The van der Waals surface area contributed by atoms with Gasteiger partial charge in [-0.1, -0.05) is 45.7 Å². The van der Waals surface area contributed by atoms with Gasteiger partial charge >= 0.3 is 0 Å². The Kier molecular flexibility index (Phi) is 3.61. The summed E-state index contributed by atoms with van der Waals surface area (Å²) >= 11 is 9.46. The van der Waals surface area contributed by atoms with Crippen LogP contribution in [-0.4, -0.2) is 15.0 Å². The first kappa shape index (κ1) is 11.6. The highest BCUT2D eigenvalue weighted by atomic mass is 79.9. The summed E-state index contributed by atoms with van der Waals surface area (Å²) in [6.07, 6.45) is 2.89. The molecule has 0 bridgehead atoms. The molecular formula is C11H11BrClN3. The molecule has 1 heterocycles. The Balaban J connectivity index is 2.31. The fraction of sp³-hybridized carbons (Fsp3) is 0.273. The van der Waals surface area contributed by atoms with Gasteiger partial charge in [0.1, 0.15) is 0 Å². The molecule has 2 aromatic rings. The van der Waals surface area contributed by atoms with E-state index in [0.717, 1.165) is 17.8 Å². The quantitative estimate of drug-likeness (QED) is 0.808. The van der Waals surface area contributed by atoms with Gasteiger partial charge in [0.15, 0.2) is 0 Å². The largest absolute Gasteiger partial charge is 0.220 e. The van der Waals surface area contributed by atoms with Crippen molar-refractivity contribution in [3.8, 4) is 5.69 Å². The molecule has 0 saturated carbocycles. The van der Waals surface area contributed by atoms with Gasteiger partial charge < -0.3 is 0 Å². The highest BCUT2D eigenvalue weighted by Gasteiger charge is 2.10. The number of hydrogen-bond donors (Lipinski definition) is 0. The van der Waals surface area contributed by atoms with Gasteiger partial charge in [0.2, 0.25) is 0 Å². The lowest BCUT2D eigenvalue weighted by atomic mass is 10.3. The van der Waals surface area contributed by atoms with E-state index in [0.29, 0.717) is 5.02 Å². The number of rotatable bonds is 3. The van der Waals surface area contributed by atoms with Crippen LogP contribution in [0.3, 0.4) is 0 Å². The summed E-state index contributed by atoms with van der Waals surface area (Å²) in [7, 11) is 0. The van der Waals surface area contributed by atoms with Gasteiger partial charge in [0.05, 0.1) is 22.4 Å². The SMILES string of the molecule is CCC(Br)c1cn(-c2cccc(Cl)c2)nn1. The van der Waals surface area contributed by atoms with Gasteiger partial charge in [0.25, 0.3) is 0 Å². The van der Waals surface area contributed by atoms with Crippen molar-refractivity contribution in [2.75, 3.05) is 0 Å². The predicted octanol–water partition coefficient (Wildman–Crippen LogP) is 3.77. The molecule has 0 saturated heterocycles.